The molecule has 0 bridgehead atoms. The first-order valence-electron chi connectivity index (χ1n) is 10.9. The number of carbonyl (C=O) groups excluding carboxylic acids is 2. The number of amides is 2. The number of carbonyl (C=O) groups is 2. The van der Waals surface area contributed by atoms with Gasteiger partial charge in [-0.05, 0) is 62.2 Å². The zero-order valence-electron chi connectivity index (χ0n) is 17.5. The first kappa shape index (κ1) is 21.2. The van der Waals surface area contributed by atoms with E-state index >= 15 is 0 Å². The van der Waals surface area contributed by atoms with Crippen molar-refractivity contribution in [3.63, 3.8) is 0 Å². The van der Waals surface area contributed by atoms with Gasteiger partial charge in [0.1, 0.15) is 6.04 Å². The van der Waals surface area contributed by atoms with E-state index < -0.39 is 6.04 Å². The first-order valence-corrected chi connectivity index (χ1v) is 10.9. The third-order valence-corrected chi connectivity index (χ3v) is 6.76. The first-order chi connectivity index (χ1) is 12.3. The van der Waals surface area contributed by atoms with Gasteiger partial charge in [-0.25, -0.2) is 0 Å². The summed E-state index contributed by atoms with van der Waals surface area (Å²) in [5.74, 6) is 2.44. The third kappa shape index (κ3) is 5.99. The molecule has 2 rings (SSSR count). The van der Waals surface area contributed by atoms with E-state index in [9.17, 15) is 9.59 Å². The molecule has 26 heavy (non-hydrogen) atoms. The maximum absolute atomic E-state index is 12.9. The summed E-state index contributed by atoms with van der Waals surface area (Å²) in [5, 5.41) is 6.36. The van der Waals surface area contributed by atoms with Crippen LogP contribution < -0.4 is 10.6 Å². The highest BCUT2D eigenvalue weighted by atomic mass is 16.2. The Morgan fingerprint density at radius 1 is 0.962 bits per heavy atom. The normalized spacial score (nSPS) is 33.5. The van der Waals surface area contributed by atoms with E-state index in [2.05, 4.69) is 45.3 Å². The highest BCUT2D eigenvalue weighted by Gasteiger charge is 2.32. The van der Waals surface area contributed by atoms with Gasteiger partial charge in [0.25, 0.3) is 0 Å². The van der Waals surface area contributed by atoms with Gasteiger partial charge in [0.15, 0.2) is 0 Å². The molecule has 2 saturated carbocycles. The lowest BCUT2D eigenvalue weighted by Crippen LogP contribution is -2.53. The topological polar surface area (TPSA) is 58.2 Å². The highest BCUT2D eigenvalue weighted by molar-refractivity contribution is 5.88. The molecule has 0 saturated heterocycles. The van der Waals surface area contributed by atoms with Crippen molar-refractivity contribution in [3.8, 4) is 0 Å². The monoisotopic (exact) mass is 364 g/mol. The lowest BCUT2D eigenvalue weighted by atomic mass is 9.78. The average molecular weight is 365 g/mol. The van der Waals surface area contributed by atoms with Crippen molar-refractivity contribution in [1.29, 1.82) is 0 Å². The van der Waals surface area contributed by atoms with Crippen molar-refractivity contribution in [2.75, 3.05) is 0 Å². The van der Waals surface area contributed by atoms with Crippen molar-refractivity contribution in [2.45, 2.75) is 98.1 Å². The van der Waals surface area contributed by atoms with Crippen LogP contribution in [-0.2, 0) is 9.59 Å². The standard InChI is InChI=1S/C22H40N2O2/c1-14(2)13-20(24-21(25)18-11-9-15(3)10-12-18)22(26)23-19-8-6-7-16(4)17(19)5/h14-20H,6-13H2,1-5H3,(H,23,26)(H,24,25)/t15?,16-,17+,18?,19-,20+/m1/s1. The molecule has 0 radical (unpaired) electrons. The molecule has 2 fully saturated rings. The number of rotatable bonds is 6. The molecule has 2 N–H and O–H groups in total. The quantitative estimate of drug-likeness (QED) is 0.739. The van der Waals surface area contributed by atoms with Gasteiger partial charge in [0.2, 0.25) is 11.8 Å². The van der Waals surface area contributed by atoms with Crippen LogP contribution in [-0.4, -0.2) is 23.9 Å². The molecule has 4 nitrogen and oxygen atoms in total. The number of nitrogens with one attached hydrogen (secondary N) is 2. The van der Waals surface area contributed by atoms with Gasteiger partial charge < -0.3 is 10.6 Å². The molecular weight excluding hydrogens is 324 g/mol. The van der Waals surface area contributed by atoms with E-state index in [-0.39, 0.29) is 23.8 Å². The van der Waals surface area contributed by atoms with Gasteiger partial charge in [-0.15, -0.1) is 0 Å². The van der Waals surface area contributed by atoms with Crippen molar-refractivity contribution >= 4 is 11.8 Å². The molecule has 150 valence electrons. The van der Waals surface area contributed by atoms with Crippen molar-refractivity contribution in [3.05, 3.63) is 0 Å². The second-order valence-electron chi connectivity index (χ2n) is 9.53. The van der Waals surface area contributed by atoms with Crippen LogP contribution in [0.5, 0.6) is 0 Å². The Kier molecular flexibility index (Phi) is 7.97. The van der Waals surface area contributed by atoms with Crippen molar-refractivity contribution in [1.82, 2.24) is 10.6 Å². The van der Waals surface area contributed by atoms with Gasteiger partial charge in [-0.1, -0.05) is 47.5 Å². The van der Waals surface area contributed by atoms with E-state index in [1.807, 2.05) is 0 Å². The molecule has 2 amide bonds. The molecule has 0 aromatic heterocycles. The summed E-state index contributed by atoms with van der Waals surface area (Å²) in [6.45, 7) is 11.0. The lowest BCUT2D eigenvalue weighted by Gasteiger charge is -2.36. The fraction of sp³-hybridized carbons (Fsp3) is 0.909. The summed E-state index contributed by atoms with van der Waals surface area (Å²) in [4.78, 5) is 25.7. The highest BCUT2D eigenvalue weighted by Crippen LogP contribution is 2.30. The Bertz CT molecular complexity index is 469. The van der Waals surface area contributed by atoms with Gasteiger partial charge in [-0.3, -0.25) is 9.59 Å². The molecule has 0 heterocycles. The van der Waals surface area contributed by atoms with Crippen LogP contribution in [0.4, 0.5) is 0 Å². The Morgan fingerprint density at radius 2 is 1.62 bits per heavy atom. The molecule has 0 spiro atoms. The summed E-state index contributed by atoms with van der Waals surface area (Å²) in [6, 6.07) is -0.153. The smallest absolute Gasteiger partial charge is 0.242 e. The van der Waals surface area contributed by atoms with Gasteiger partial charge >= 0.3 is 0 Å². The molecule has 2 aliphatic rings. The minimum absolute atomic E-state index is 0.0159. The fourth-order valence-corrected chi connectivity index (χ4v) is 4.58. The van der Waals surface area contributed by atoms with Crippen LogP contribution in [0.2, 0.25) is 0 Å². The lowest BCUT2D eigenvalue weighted by molar-refractivity contribution is -0.132. The summed E-state index contributed by atoms with van der Waals surface area (Å²) in [5.41, 5.74) is 0. The second-order valence-corrected chi connectivity index (χ2v) is 9.53. The second kappa shape index (κ2) is 9.75. The van der Waals surface area contributed by atoms with E-state index in [0.717, 1.165) is 38.0 Å². The molecule has 4 atom stereocenters. The average Bonchev–Trinajstić information content (AvgIpc) is 2.58. The Balaban J connectivity index is 1.94. The maximum atomic E-state index is 12.9. The van der Waals surface area contributed by atoms with Crippen LogP contribution in [0.25, 0.3) is 0 Å². The predicted octanol–water partition coefficient (Wildman–Crippen LogP) is 4.28. The third-order valence-electron chi connectivity index (χ3n) is 6.76. The molecule has 4 heteroatoms. The summed E-state index contributed by atoms with van der Waals surface area (Å²) >= 11 is 0. The maximum Gasteiger partial charge on any atom is 0.242 e. The van der Waals surface area contributed by atoms with Gasteiger partial charge in [0.05, 0.1) is 0 Å². The number of hydrogen-bond acceptors (Lipinski definition) is 2. The van der Waals surface area contributed by atoms with Crippen LogP contribution in [0.1, 0.15) is 86.0 Å². The minimum atomic E-state index is -0.397. The Labute approximate surface area is 160 Å². The fourth-order valence-electron chi connectivity index (χ4n) is 4.58. The molecule has 0 aliphatic heterocycles. The summed E-state index contributed by atoms with van der Waals surface area (Å²) in [6.07, 6.45) is 8.35. The van der Waals surface area contributed by atoms with E-state index in [1.165, 1.54) is 12.8 Å². The Morgan fingerprint density at radius 3 is 2.23 bits per heavy atom. The summed E-state index contributed by atoms with van der Waals surface area (Å²) < 4.78 is 0. The molecule has 0 aromatic rings. The molecule has 0 aromatic carbocycles. The van der Waals surface area contributed by atoms with Crippen LogP contribution in [0, 0.1) is 29.6 Å². The van der Waals surface area contributed by atoms with E-state index in [1.54, 1.807) is 0 Å². The van der Waals surface area contributed by atoms with Crippen molar-refractivity contribution in [2.24, 2.45) is 29.6 Å². The van der Waals surface area contributed by atoms with Crippen LogP contribution in [0.15, 0.2) is 0 Å². The van der Waals surface area contributed by atoms with E-state index in [0.29, 0.717) is 24.2 Å². The Hall–Kier alpha value is -1.06. The van der Waals surface area contributed by atoms with E-state index in [4.69, 9.17) is 0 Å². The zero-order valence-corrected chi connectivity index (χ0v) is 17.5. The molecular formula is C22H40N2O2. The SMILES string of the molecule is CC(C)C[C@H](NC(=O)C1CCC(C)CC1)C(=O)N[C@@H]1CCC[C@@H](C)[C@@H]1C. The van der Waals surface area contributed by atoms with Gasteiger partial charge in [0, 0.05) is 12.0 Å². The number of hydrogen-bond donors (Lipinski definition) is 2. The summed E-state index contributed by atoms with van der Waals surface area (Å²) in [7, 11) is 0. The molecule has 2 aliphatic carbocycles. The zero-order chi connectivity index (χ0) is 19.3. The van der Waals surface area contributed by atoms with Crippen molar-refractivity contribution < 1.29 is 9.59 Å². The minimum Gasteiger partial charge on any atom is -0.351 e. The van der Waals surface area contributed by atoms with Gasteiger partial charge in [-0.2, -0.15) is 0 Å². The molecule has 0 unspecified atom stereocenters. The van der Waals surface area contributed by atoms with Crippen LogP contribution >= 0.6 is 0 Å². The predicted molar refractivity (Wildman–Crippen MR) is 107 cm³/mol. The van der Waals surface area contributed by atoms with Crippen LogP contribution in [0.3, 0.4) is 0 Å². The largest absolute Gasteiger partial charge is 0.351 e.